The third-order valence-corrected chi connectivity index (χ3v) is 2.77. The molecule has 18 heavy (non-hydrogen) atoms. The quantitative estimate of drug-likeness (QED) is 0.826. The Balaban J connectivity index is 2.64. The normalized spacial score (nSPS) is 9.94. The summed E-state index contributed by atoms with van der Waals surface area (Å²) in [6.07, 6.45) is 0. The van der Waals surface area contributed by atoms with Crippen molar-refractivity contribution in [3.8, 4) is 0 Å². The van der Waals surface area contributed by atoms with Gasteiger partial charge in [0.15, 0.2) is 0 Å². The minimum absolute atomic E-state index is 0.0595. The second-order valence-corrected chi connectivity index (χ2v) is 4.21. The van der Waals surface area contributed by atoms with Crippen LogP contribution in [0.4, 0.5) is 0 Å². The summed E-state index contributed by atoms with van der Waals surface area (Å²) in [4.78, 5) is 24.8. The standard InChI is InChI=1S/C13H17ClN2O2/c1-3-15-12(17)9-16(2)13(18)11-6-4-10(8-14)5-7-11/h4-7H,3,8-9H2,1-2H3,(H,15,17). The molecule has 0 spiro atoms. The Morgan fingerprint density at radius 3 is 2.39 bits per heavy atom. The number of hydrogen-bond donors (Lipinski definition) is 1. The van der Waals surface area contributed by atoms with Crippen molar-refractivity contribution >= 4 is 23.4 Å². The van der Waals surface area contributed by atoms with Crippen LogP contribution in [0.1, 0.15) is 22.8 Å². The number of hydrogen-bond acceptors (Lipinski definition) is 2. The summed E-state index contributed by atoms with van der Waals surface area (Å²) < 4.78 is 0. The molecule has 98 valence electrons. The van der Waals surface area contributed by atoms with E-state index < -0.39 is 0 Å². The highest BCUT2D eigenvalue weighted by molar-refractivity contribution is 6.17. The molecule has 0 unspecified atom stereocenters. The van der Waals surface area contributed by atoms with Crippen LogP contribution in [0.15, 0.2) is 24.3 Å². The fourth-order valence-electron chi connectivity index (χ4n) is 1.50. The molecule has 0 radical (unpaired) electrons. The molecule has 0 saturated carbocycles. The average molecular weight is 269 g/mol. The van der Waals surface area contributed by atoms with Crippen molar-refractivity contribution in [3.05, 3.63) is 35.4 Å². The van der Waals surface area contributed by atoms with Crippen molar-refractivity contribution in [1.29, 1.82) is 0 Å². The SMILES string of the molecule is CCNC(=O)CN(C)C(=O)c1ccc(CCl)cc1. The number of carbonyl (C=O) groups excluding carboxylic acids is 2. The van der Waals surface area contributed by atoms with E-state index in [1.165, 1.54) is 4.90 Å². The van der Waals surface area contributed by atoms with Gasteiger partial charge in [0.25, 0.3) is 5.91 Å². The second-order valence-electron chi connectivity index (χ2n) is 3.95. The number of amides is 2. The van der Waals surface area contributed by atoms with Crippen molar-refractivity contribution in [2.45, 2.75) is 12.8 Å². The van der Waals surface area contributed by atoms with Crippen LogP contribution in [-0.4, -0.2) is 36.9 Å². The van der Waals surface area contributed by atoms with Gasteiger partial charge in [0, 0.05) is 25.0 Å². The molecule has 0 aliphatic rings. The van der Waals surface area contributed by atoms with Gasteiger partial charge in [-0.05, 0) is 24.6 Å². The van der Waals surface area contributed by atoms with E-state index in [4.69, 9.17) is 11.6 Å². The molecule has 1 rings (SSSR count). The van der Waals surface area contributed by atoms with Gasteiger partial charge in [-0.15, -0.1) is 11.6 Å². The first kappa shape index (κ1) is 14.5. The Morgan fingerprint density at radius 1 is 1.28 bits per heavy atom. The van der Waals surface area contributed by atoms with Crippen LogP contribution in [0.5, 0.6) is 0 Å². The zero-order chi connectivity index (χ0) is 13.5. The molecular weight excluding hydrogens is 252 g/mol. The van der Waals surface area contributed by atoms with E-state index in [1.54, 1.807) is 31.3 Å². The molecule has 0 aromatic heterocycles. The summed E-state index contributed by atoms with van der Waals surface area (Å²) in [6, 6.07) is 7.04. The number of carbonyl (C=O) groups is 2. The van der Waals surface area contributed by atoms with Gasteiger partial charge in [-0.25, -0.2) is 0 Å². The molecule has 0 bridgehead atoms. The predicted molar refractivity (Wildman–Crippen MR) is 71.6 cm³/mol. The van der Waals surface area contributed by atoms with Gasteiger partial charge in [0.1, 0.15) is 0 Å². The van der Waals surface area contributed by atoms with Gasteiger partial charge < -0.3 is 10.2 Å². The number of rotatable bonds is 5. The first-order valence-electron chi connectivity index (χ1n) is 5.75. The lowest BCUT2D eigenvalue weighted by Gasteiger charge is -2.16. The van der Waals surface area contributed by atoms with Gasteiger partial charge in [0.2, 0.25) is 5.91 Å². The molecule has 0 heterocycles. The third-order valence-electron chi connectivity index (χ3n) is 2.46. The Bertz CT molecular complexity index is 418. The van der Waals surface area contributed by atoms with E-state index >= 15 is 0 Å². The zero-order valence-electron chi connectivity index (χ0n) is 10.6. The minimum atomic E-state index is -0.178. The fraction of sp³-hybridized carbons (Fsp3) is 0.385. The summed E-state index contributed by atoms with van der Waals surface area (Å²) in [5, 5.41) is 2.65. The number of alkyl halides is 1. The molecule has 0 aliphatic heterocycles. The van der Waals surface area contributed by atoms with Crippen LogP contribution in [0, 0.1) is 0 Å². The molecule has 2 amide bonds. The van der Waals surface area contributed by atoms with Crippen molar-refractivity contribution in [1.82, 2.24) is 10.2 Å². The van der Waals surface area contributed by atoms with Crippen LogP contribution in [0.25, 0.3) is 0 Å². The van der Waals surface area contributed by atoms with E-state index in [9.17, 15) is 9.59 Å². The van der Waals surface area contributed by atoms with E-state index in [2.05, 4.69) is 5.32 Å². The summed E-state index contributed by atoms with van der Waals surface area (Å²) >= 11 is 5.68. The number of nitrogens with zero attached hydrogens (tertiary/aromatic N) is 1. The molecule has 0 atom stereocenters. The molecule has 5 heteroatoms. The molecule has 0 fully saturated rings. The van der Waals surface area contributed by atoms with E-state index in [-0.39, 0.29) is 18.4 Å². The Kier molecular flexibility index (Phi) is 5.65. The smallest absolute Gasteiger partial charge is 0.254 e. The summed E-state index contributed by atoms with van der Waals surface area (Å²) in [5.41, 5.74) is 1.51. The minimum Gasteiger partial charge on any atom is -0.355 e. The maximum Gasteiger partial charge on any atom is 0.254 e. The third kappa shape index (κ3) is 4.04. The van der Waals surface area contributed by atoms with Gasteiger partial charge in [-0.1, -0.05) is 12.1 Å². The summed E-state index contributed by atoms with van der Waals surface area (Å²) in [6.45, 7) is 2.46. The number of benzene rings is 1. The fourth-order valence-corrected chi connectivity index (χ4v) is 1.68. The Labute approximate surface area is 112 Å². The van der Waals surface area contributed by atoms with E-state index in [1.807, 2.05) is 6.92 Å². The number of likely N-dealkylation sites (N-methyl/N-ethyl adjacent to an activating group) is 2. The van der Waals surface area contributed by atoms with Crippen molar-refractivity contribution in [2.24, 2.45) is 0 Å². The maximum atomic E-state index is 12.0. The first-order valence-corrected chi connectivity index (χ1v) is 6.29. The van der Waals surface area contributed by atoms with Crippen molar-refractivity contribution in [3.63, 3.8) is 0 Å². The van der Waals surface area contributed by atoms with Gasteiger partial charge in [-0.3, -0.25) is 9.59 Å². The largest absolute Gasteiger partial charge is 0.355 e. The van der Waals surface area contributed by atoms with Gasteiger partial charge in [-0.2, -0.15) is 0 Å². The predicted octanol–water partition coefficient (Wildman–Crippen LogP) is 1.63. The highest BCUT2D eigenvalue weighted by Gasteiger charge is 2.14. The molecule has 0 saturated heterocycles. The van der Waals surface area contributed by atoms with Gasteiger partial charge in [0.05, 0.1) is 6.54 Å². The van der Waals surface area contributed by atoms with Crippen LogP contribution in [0.3, 0.4) is 0 Å². The summed E-state index contributed by atoms with van der Waals surface area (Å²) in [7, 11) is 1.60. The zero-order valence-corrected chi connectivity index (χ0v) is 11.3. The molecule has 1 N–H and O–H groups in total. The Hall–Kier alpha value is -1.55. The number of halogens is 1. The van der Waals surface area contributed by atoms with Crippen molar-refractivity contribution in [2.75, 3.05) is 20.1 Å². The molecule has 1 aromatic carbocycles. The molecule has 1 aromatic rings. The van der Waals surface area contributed by atoms with E-state index in [0.29, 0.717) is 18.0 Å². The highest BCUT2D eigenvalue weighted by atomic mass is 35.5. The van der Waals surface area contributed by atoms with Crippen molar-refractivity contribution < 1.29 is 9.59 Å². The molecule has 4 nitrogen and oxygen atoms in total. The Morgan fingerprint density at radius 2 is 1.89 bits per heavy atom. The monoisotopic (exact) mass is 268 g/mol. The van der Waals surface area contributed by atoms with Gasteiger partial charge >= 0.3 is 0 Å². The summed E-state index contributed by atoms with van der Waals surface area (Å²) in [5.74, 6) is 0.0801. The van der Waals surface area contributed by atoms with Crippen LogP contribution < -0.4 is 5.32 Å². The van der Waals surface area contributed by atoms with Crippen LogP contribution in [-0.2, 0) is 10.7 Å². The average Bonchev–Trinajstić information content (AvgIpc) is 2.38. The second kappa shape index (κ2) is 7.01. The lowest BCUT2D eigenvalue weighted by molar-refractivity contribution is -0.121. The first-order chi connectivity index (χ1) is 8.58. The van der Waals surface area contributed by atoms with Crippen LogP contribution in [0.2, 0.25) is 0 Å². The lowest BCUT2D eigenvalue weighted by Crippen LogP contribution is -2.38. The number of nitrogens with one attached hydrogen (secondary N) is 1. The maximum absolute atomic E-state index is 12.0. The topological polar surface area (TPSA) is 49.4 Å². The highest BCUT2D eigenvalue weighted by Crippen LogP contribution is 2.08. The van der Waals surface area contributed by atoms with Crippen LogP contribution >= 0.6 is 11.6 Å². The molecule has 0 aliphatic carbocycles. The van der Waals surface area contributed by atoms with E-state index in [0.717, 1.165) is 5.56 Å². The molecular formula is C13H17ClN2O2. The lowest BCUT2D eigenvalue weighted by atomic mass is 10.1.